The molecule has 28 heavy (non-hydrogen) atoms. The van der Waals surface area contributed by atoms with Crippen LogP contribution in [0, 0.1) is 11.8 Å². The summed E-state index contributed by atoms with van der Waals surface area (Å²) in [6.45, 7) is 9.91. The Bertz CT molecular complexity index is 385. The molecule has 0 aromatic heterocycles. The van der Waals surface area contributed by atoms with Crippen molar-refractivity contribution >= 4 is 13.8 Å². The van der Waals surface area contributed by atoms with E-state index in [1.807, 2.05) is 0 Å². The van der Waals surface area contributed by atoms with Crippen molar-refractivity contribution < 1.29 is 18.8 Å². The molecular formula is C22H46NO4P. The van der Waals surface area contributed by atoms with E-state index in [-0.39, 0.29) is 6.16 Å². The van der Waals surface area contributed by atoms with Gasteiger partial charge in [0.25, 0.3) is 0 Å². The maximum atomic E-state index is 12.7. The summed E-state index contributed by atoms with van der Waals surface area (Å²) in [5.74, 6) is 1.55. The van der Waals surface area contributed by atoms with Crippen LogP contribution in [0.25, 0.3) is 0 Å². The predicted molar refractivity (Wildman–Crippen MR) is 120 cm³/mol. The van der Waals surface area contributed by atoms with Crippen molar-refractivity contribution in [2.24, 2.45) is 17.0 Å². The van der Waals surface area contributed by atoms with E-state index in [1.165, 1.54) is 57.6 Å². The van der Waals surface area contributed by atoms with Crippen molar-refractivity contribution in [3.05, 3.63) is 0 Å². The molecule has 0 spiro atoms. The van der Waals surface area contributed by atoms with Crippen LogP contribution < -0.4 is 0 Å². The lowest BCUT2D eigenvalue weighted by Gasteiger charge is -2.17. The minimum atomic E-state index is -3.19. The van der Waals surface area contributed by atoms with Crippen LogP contribution in [0.5, 0.6) is 0 Å². The maximum absolute atomic E-state index is 12.7. The highest BCUT2D eigenvalue weighted by molar-refractivity contribution is 7.54. The summed E-state index contributed by atoms with van der Waals surface area (Å²) in [4.78, 5) is 0. The molecule has 0 radical (unpaired) electrons. The Labute approximate surface area is 174 Å². The van der Waals surface area contributed by atoms with E-state index in [9.17, 15) is 4.57 Å². The molecule has 0 heterocycles. The van der Waals surface area contributed by atoms with E-state index in [1.54, 1.807) is 0 Å². The van der Waals surface area contributed by atoms with Crippen molar-refractivity contribution in [2.45, 2.75) is 105 Å². The number of rotatable bonds is 20. The Morgan fingerprint density at radius 2 is 1.14 bits per heavy atom. The summed E-state index contributed by atoms with van der Waals surface area (Å²) in [7, 11) is -3.19. The van der Waals surface area contributed by atoms with Crippen LogP contribution >= 0.6 is 7.60 Å². The Morgan fingerprint density at radius 1 is 0.750 bits per heavy atom. The molecule has 0 aromatic carbocycles. The third-order valence-corrected chi connectivity index (χ3v) is 6.58. The van der Waals surface area contributed by atoms with Gasteiger partial charge in [0.2, 0.25) is 0 Å². The first-order chi connectivity index (χ1) is 13.4. The number of oxime groups is 1. The Balaban J connectivity index is 3.85. The molecule has 0 aliphatic rings. The maximum Gasteiger partial charge on any atom is 0.336 e. The fourth-order valence-electron chi connectivity index (χ4n) is 3.06. The van der Waals surface area contributed by atoms with E-state index in [4.69, 9.17) is 14.3 Å². The third-order valence-electron chi connectivity index (χ3n) is 4.81. The normalized spacial score (nSPS) is 12.6. The fraction of sp³-hybridized carbons (Fsp3) is 0.955. The van der Waals surface area contributed by atoms with Gasteiger partial charge in [-0.1, -0.05) is 91.9 Å². The van der Waals surface area contributed by atoms with E-state index in [0.717, 1.165) is 37.5 Å². The molecule has 0 aliphatic heterocycles. The molecule has 0 atom stereocenters. The first kappa shape index (κ1) is 27.6. The van der Waals surface area contributed by atoms with Gasteiger partial charge < -0.3 is 14.3 Å². The predicted octanol–water partition coefficient (Wildman–Crippen LogP) is 7.67. The number of hydrogen-bond donors (Lipinski definition) is 1. The molecule has 0 saturated heterocycles. The van der Waals surface area contributed by atoms with Gasteiger partial charge in [0.1, 0.15) is 0 Å². The zero-order valence-corrected chi connectivity index (χ0v) is 19.8. The average molecular weight is 420 g/mol. The van der Waals surface area contributed by atoms with E-state index >= 15 is 0 Å². The van der Waals surface area contributed by atoms with Crippen LogP contribution in [0.15, 0.2) is 5.16 Å². The summed E-state index contributed by atoms with van der Waals surface area (Å²) >= 11 is 0. The molecule has 0 unspecified atom stereocenters. The monoisotopic (exact) mass is 419 g/mol. The second-order valence-corrected chi connectivity index (χ2v) is 10.8. The van der Waals surface area contributed by atoms with Crippen LogP contribution in [0.2, 0.25) is 0 Å². The quantitative estimate of drug-likeness (QED) is 0.0723. The molecule has 6 heteroatoms. The van der Waals surface area contributed by atoms with E-state index in [0.29, 0.717) is 13.2 Å². The summed E-state index contributed by atoms with van der Waals surface area (Å²) in [5.41, 5.74) is 0. The van der Waals surface area contributed by atoms with Crippen LogP contribution in [-0.4, -0.2) is 30.8 Å². The van der Waals surface area contributed by atoms with Crippen molar-refractivity contribution in [1.82, 2.24) is 0 Å². The highest BCUT2D eigenvalue weighted by Crippen LogP contribution is 2.47. The zero-order chi connectivity index (χ0) is 21.1. The van der Waals surface area contributed by atoms with Gasteiger partial charge in [0.05, 0.1) is 25.6 Å². The molecule has 5 nitrogen and oxygen atoms in total. The van der Waals surface area contributed by atoms with Crippen LogP contribution in [-0.2, 0) is 13.6 Å². The van der Waals surface area contributed by atoms with Crippen molar-refractivity contribution in [1.29, 1.82) is 0 Å². The molecule has 0 bridgehead atoms. The fourth-order valence-corrected chi connectivity index (χ4v) is 4.43. The smallest absolute Gasteiger partial charge is 0.336 e. The van der Waals surface area contributed by atoms with Gasteiger partial charge in [-0.3, -0.25) is 4.57 Å². The first-order valence-electron chi connectivity index (χ1n) is 11.4. The minimum absolute atomic E-state index is 0.0340. The van der Waals surface area contributed by atoms with E-state index < -0.39 is 7.60 Å². The SMILES string of the molecule is CC(C)CCCCCCCOP(=O)(CC=NO)OCCCCCCCC(C)C. The van der Waals surface area contributed by atoms with Crippen LogP contribution in [0.1, 0.15) is 105 Å². The van der Waals surface area contributed by atoms with E-state index in [2.05, 4.69) is 32.9 Å². The number of nitrogens with zero attached hydrogens (tertiary/aromatic N) is 1. The van der Waals surface area contributed by atoms with Gasteiger partial charge in [-0.15, -0.1) is 5.16 Å². The highest BCUT2D eigenvalue weighted by atomic mass is 31.2. The van der Waals surface area contributed by atoms with Gasteiger partial charge in [0, 0.05) is 0 Å². The largest absolute Gasteiger partial charge is 0.411 e. The van der Waals surface area contributed by atoms with Gasteiger partial charge in [0.15, 0.2) is 0 Å². The van der Waals surface area contributed by atoms with Crippen molar-refractivity contribution in [3.63, 3.8) is 0 Å². The average Bonchev–Trinajstić information content (AvgIpc) is 2.64. The second-order valence-electron chi connectivity index (χ2n) is 8.66. The highest BCUT2D eigenvalue weighted by Gasteiger charge is 2.23. The molecular weight excluding hydrogens is 373 g/mol. The lowest BCUT2D eigenvalue weighted by Crippen LogP contribution is -2.04. The molecule has 0 aliphatic carbocycles. The molecule has 1 N–H and O–H groups in total. The number of unbranched alkanes of at least 4 members (excludes halogenated alkanes) is 8. The Kier molecular flexibility index (Phi) is 18.4. The number of hydrogen-bond acceptors (Lipinski definition) is 5. The molecule has 0 amide bonds. The van der Waals surface area contributed by atoms with Gasteiger partial charge >= 0.3 is 7.60 Å². The molecule has 0 aromatic rings. The molecule has 0 saturated carbocycles. The lowest BCUT2D eigenvalue weighted by molar-refractivity contribution is 0.200. The Morgan fingerprint density at radius 3 is 1.54 bits per heavy atom. The minimum Gasteiger partial charge on any atom is -0.411 e. The topological polar surface area (TPSA) is 68.1 Å². The molecule has 168 valence electrons. The first-order valence-corrected chi connectivity index (χ1v) is 13.2. The summed E-state index contributed by atoms with van der Waals surface area (Å²) < 4.78 is 23.9. The van der Waals surface area contributed by atoms with Crippen molar-refractivity contribution in [3.8, 4) is 0 Å². The lowest BCUT2D eigenvalue weighted by atomic mass is 10.0. The van der Waals surface area contributed by atoms with Crippen LogP contribution in [0.3, 0.4) is 0 Å². The second kappa shape index (κ2) is 18.6. The summed E-state index contributed by atoms with van der Waals surface area (Å²) in [6, 6.07) is 0. The Hall–Kier alpha value is -0.380. The zero-order valence-electron chi connectivity index (χ0n) is 18.9. The van der Waals surface area contributed by atoms with Gasteiger partial charge in [-0.25, -0.2) is 0 Å². The van der Waals surface area contributed by atoms with Crippen LogP contribution in [0.4, 0.5) is 0 Å². The standard InChI is InChI=1S/C22H46NO4P/c1-21(2)15-11-7-5-9-13-18-26-28(25,20-17-23-24)27-19-14-10-6-8-12-16-22(3)4/h17,21-22,24H,5-16,18-20H2,1-4H3. The molecule has 0 rings (SSSR count). The summed E-state index contributed by atoms with van der Waals surface area (Å²) in [5, 5.41) is 11.6. The van der Waals surface area contributed by atoms with Crippen molar-refractivity contribution in [2.75, 3.05) is 19.4 Å². The summed E-state index contributed by atoms with van der Waals surface area (Å²) in [6.07, 6.45) is 15.2. The third kappa shape index (κ3) is 19.0. The molecule has 0 fully saturated rings. The van der Waals surface area contributed by atoms with Gasteiger partial charge in [-0.05, 0) is 24.7 Å². The van der Waals surface area contributed by atoms with Gasteiger partial charge in [-0.2, -0.15) is 0 Å².